The molecule has 2 aromatic rings. The number of ether oxygens (including phenoxy) is 1. The van der Waals surface area contributed by atoms with E-state index in [0.717, 1.165) is 17.7 Å². The molecule has 3 atom stereocenters. The first-order chi connectivity index (χ1) is 18.7. The minimum atomic E-state index is -0.909. The molecule has 3 aliphatic rings. The van der Waals surface area contributed by atoms with Crippen molar-refractivity contribution in [3.05, 3.63) is 58.1 Å². The number of carbonyl (C=O) groups is 4. The van der Waals surface area contributed by atoms with Gasteiger partial charge in [-0.15, -0.1) is 11.8 Å². The summed E-state index contributed by atoms with van der Waals surface area (Å²) in [4.78, 5) is 54.7. The van der Waals surface area contributed by atoms with Crippen molar-refractivity contribution in [3.63, 3.8) is 0 Å². The minimum Gasteiger partial charge on any atom is -0.482 e. The summed E-state index contributed by atoms with van der Waals surface area (Å²) < 4.78 is 5.46. The van der Waals surface area contributed by atoms with Gasteiger partial charge in [-0.2, -0.15) is 0 Å². The third-order valence-electron chi connectivity index (χ3n) is 7.46. The number of carbonyl (C=O) groups excluding carboxylic acids is 4. The second-order valence-electron chi connectivity index (χ2n) is 9.91. The molecule has 1 spiro atoms. The number of nitrogens with two attached hydrogens (primary N) is 1. The first-order valence-electron chi connectivity index (χ1n) is 12.7. The first-order valence-corrected chi connectivity index (χ1v) is 14.5. The quantitative estimate of drug-likeness (QED) is 0.509. The summed E-state index contributed by atoms with van der Waals surface area (Å²) in [6.07, 6.45) is 2.50. The Kier molecular flexibility index (Phi) is 7.98. The van der Waals surface area contributed by atoms with Gasteiger partial charge in [-0.3, -0.25) is 19.2 Å². The molecule has 0 radical (unpaired) electrons. The van der Waals surface area contributed by atoms with Crippen LogP contribution in [0.25, 0.3) is 0 Å². The van der Waals surface area contributed by atoms with Gasteiger partial charge in [0, 0.05) is 23.7 Å². The third-order valence-corrected chi connectivity index (χ3v) is 9.24. The number of hydrogen-bond donors (Lipinski definition) is 2. The predicted molar refractivity (Wildman–Crippen MR) is 150 cm³/mol. The zero-order valence-electron chi connectivity index (χ0n) is 21.0. The topological polar surface area (TPSA) is 122 Å². The lowest BCUT2D eigenvalue weighted by Gasteiger charge is -2.36. The molecule has 4 amide bonds. The molecule has 3 fully saturated rings. The number of rotatable bonds is 7. The number of likely N-dealkylation sites (tertiary alicyclic amines) is 1. The monoisotopic (exact) mass is 590 g/mol. The lowest BCUT2D eigenvalue weighted by Crippen LogP contribution is -2.57. The maximum Gasteiger partial charge on any atom is 0.262 e. The summed E-state index contributed by atoms with van der Waals surface area (Å²) in [5.74, 6) is -0.0388. The van der Waals surface area contributed by atoms with Crippen LogP contribution in [0.2, 0.25) is 10.0 Å². The third kappa shape index (κ3) is 5.55. The maximum absolute atomic E-state index is 13.6. The van der Waals surface area contributed by atoms with Gasteiger partial charge in [0.05, 0.1) is 16.8 Å². The van der Waals surface area contributed by atoms with Crippen molar-refractivity contribution in [2.45, 2.75) is 49.1 Å². The molecule has 3 aliphatic heterocycles. The number of thioether (sulfide) groups is 1. The van der Waals surface area contributed by atoms with E-state index in [1.54, 1.807) is 58.0 Å². The van der Waals surface area contributed by atoms with Crippen molar-refractivity contribution in [3.8, 4) is 5.75 Å². The van der Waals surface area contributed by atoms with E-state index in [4.69, 9.17) is 33.7 Å². The van der Waals surface area contributed by atoms with Crippen LogP contribution < -0.4 is 15.8 Å². The Balaban J connectivity index is 1.19. The van der Waals surface area contributed by atoms with Crippen LogP contribution in [0.5, 0.6) is 5.75 Å². The van der Waals surface area contributed by atoms with Crippen molar-refractivity contribution < 1.29 is 23.9 Å². The van der Waals surface area contributed by atoms with E-state index >= 15 is 0 Å². The van der Waals surface area contributed by atoms with Crippen LogP contribution in [0.1, 0.15) is 31.2 Å². The molecule has 3 N–H and O–H groups in total. The van der Waals surface area contributed by atoms with Gasteiger partial charge in [-0.05, 0) is 60.9 Å². The second-order valence-corrected chi connectivity index (χ2v) is 12.0. The lowest BCUT2D eigenvalue weighted by atomic mass is 9.93. The predicted octanol–water partition coefficient (Wildman–Crippen LogP) is 3.46. The molecule has 2 aromatic carbocycles. The molecule has 0 aromatic heterocycles. The van der Waals surface area contributed by atoms with Crippen molar-refractivity contribution in [2.75, 3.05) is 24.2 Å². The number of halogens is 2. The Morgan fingerprint density at radius 1 is 1.15 bits per heavy atom. The van der Waals surface area contributed by atoms with Gasteiger partial charge < -0.3 is 25.6 Å². The Morgan fingerprint density at radius 2 is 1.92 bits per heavy atom. The number of nitrogens with one attached hydrogen (secondary N) is 1. The van der Waals surface area contributed by atoms with E-state index < -0.39 is 17.5 Å². The number of primary amides is 1. The van der Waals surface area contributed by atoms with Crippen LogP contribution in [0.3, 0.4) is 0 Å². The summed E-state index contributed by atoms with van der Waals surface area (Å²) in [6, 6.07) is 11.1. The number of anilines is 1. The van der Waals surface area contributed by atoms with Crippen LogP contribution in [0.4, 0.5) is 5.69 Å². The van der Waals surface area contributed by atoms with Crippen molar-refractivity contribution in [1.82, 2.24) is 9.80 Å². The molecule has 0 aliphatic carbocycles. The van der Waals surface area contributed by atoms with Crippen molar-refractivity contribution in [2.24, 2.45) is 5.73 Å². The van der Waals surface area contributed by atoms with E-state index in [2.05, 4.69) is 5.32 Å². The van der Waals surface area contributed by atoms with Gasteiger partial charge in [-0.25, -0.2) is 0 Å². The summed E-state index contributed by atoms with van der Waals surface area (Å²) in [6.45, 7) is 0.266. The molecule has 3 heterocycles. The maximum atomic E-state index is 13.6. The number of amides is 4. The Hall–Kier alpha value is -2.95. The second kappa shape index (κ2) is 11.3. The fraction of sp³-hybridized carbons (Fsp3) is 0.407. The standard InChI is InChI=1S/C27H28Cl2N4O5S/c28-17-4-7-21(19(29)13-17)38-15-22(34)31-18-5-2-16(3-6-18)12-23(35)32-10-1-9-27(32)14-24-33(26(27)37)20(25(30)36)8-11-39-24/h2-7,13,20,24H,1,8-12,14-15H2,(H2,30,36)(H,31,34)/t20-,24+,27-/m0/s1. The number of hydrogen-bond acceptors (Lipinski definition) is 6. The molecule has 39 heavy (non-hydrogen) atoms. The van der Waals surface area contributed by atoms with Crippen molar-refractivity contribution >= 4 is 64.3 Å². The molecular weight excluding hydrogens is 563 g/mol. The van der Waals surface area contributed by atoms with E-state index in [0.29, 0.717) is 47.3 Å². The van der Waals surface area contributed by atoms with E-state index in [-0.39, 0.29) is 36.1 Å². The van der Waals surface area contributed by atoms with E-state index in [1.807, 2.05) is 0 Å². The number of benzene rings is 2. The van der Waals surface area contributed by atoms with Gasteiger partial charge in [0.1, 0.15) is 17.3 Å². The largest absolute Gasteiger partial charge is 0.482 e. The highest BCUT2D eigenvalue weighted by Gasteiger charge is 2.61. The molecule has 12 heteroatoms. The first kappa shape index (κ1) is 27.6. The average molecular weight is 592 g/mol. The fourth-order valence-corrected chi connectivity index (χ4v) is 7.54. The molecule has 9 nitrogen and oxygen atoms in total. The highest BCUT2D eigenvalue weighted by Crippen LogP contribution is 2.48. The average Bonchev–Trinajstić information content (AvgIpc) is 3.45. The number of fused-ring (bicyclic) bond motifs is 1. The minimum absolute atomic E-state index is 0.124. The van der Waals surface area contributed by atoms with Crippen molar-refractivity contribution in [1.29, 1.82) is 0 Å². The fourth-order valence-electron chi connectivity index (χ4n) is 5.65. The van der Waals surface area contributed by atoms with Crippen LogP contribution in [0, 0.1) is 0 Å². The van der Waals surface area contributed by atoms with Gasteiger partial charge in [0.2, 0.25) is 17.7 Å². The summed E-state index contributed by atoms with van der Waals surface area (Å²) >= 11 is 13.6. The zero-order valence-corrected chi connectivity index (χ0v) is 23.4. The van der Waals surface area contributed by atoms with E-state index in [9.17, 15) is 19.2 Å². The van der Waals surface area contributed by atoms with Crippen LogP contribution in [-0.4, -0.2) is 69.3 Å². The summed E-state index contributed by atoms with van der Waals surface area (Å²) in [7, 11) is 0. The van der Waals surface area contributed by atoms with E-state index in [1.165, 1.54) is 6.07 Å². The summed E-state index contributed by atoms with van der Waals surface area (Å²) in [5.41, 5.74) is 6.00. The van der Waals surface area contributed by atoms with Gasteiger partial charge >= 0.3 is 0 Å². The summed E-state index contributed by atoms with van der Waals surface area (Å²) in [5, 5.41) is 3.39. The molecule has 206 valence electrons. The smallest absolute Gasteiger partial charge is 0.262 e. The van der Waals surface area contributed by atoms with Gasteiger partial charge in [0.25, 0.3) is 5.91 Å². The van der Waals surface area contributed by atoms with Gasteiger partial charge in [-0.1, -0.05) is 35.3 Å². The van der Waals surface area contributed by atoms with Crippen LogP contribution in [-0.2, 0) is 25.6 Å². The normalized spacial score (nSPS) is 24.1. The van der Waals surface area contributed by atoms with Crippen LogP contribution >= 0.6 is 35.0 Å². The zero-order chi connectivity index (χ0) is 27.7. The highest BCUT2D eigenvalue weighted by atomic mass is 35.5. The molecule has 0 bridgehead atoms. The molecule has 5 rings (SSSR count). The Bertz CT molecular complexity index is 1310. The molecular formula is C27H28Cl2N4O5S. The lowest BCUT2D eigenvalue weighted by molar-refractivity contribution is -0.148. The SMILES string of the molecule is NC(=O)[C@@H]1CCS[C@@H]2C[C@@]3(CCCN3C(=O)Cc3ccc(NC(=O)COc4ccc(Cl)cc4Cl)cc3)C(=O)N21. The van der Waals surface area contributed by atoms with Crippen LogP contribution in [0.15, 0.2) is 42.5 Å². The van der Waals surface area contributed by atoms with Gasteiger partial charge in [0.15, 0.2) is 6.61 Å². The number of nitrogens with zero attached hydrogens (tertiary/aromatic N) is 2. The molecule has 0 unspecified atom stereocenters. The Morgan fingerprint density at radius 3 is 2.64 bits per heavy atom. The molecule has 3 saturated heterocycles. The Labute approximate surface area is 240 Å². The molecule has 0 saturated carbocycles. The highest BCUT2D eigenvalue weighted by molar-refractivity contribution is 7.99.